The molecule has 4 rings (SSSR count). The molecule has 2 saturated heterocycles. The molecule has 2 aliphatic heterocycles. The van der Waals surface area contributed by atoms with Crippen molar-refractivity contribution in [1.82, 2.24) is 29.9 Å². The molecular formula is C33H48FN7O6. The van der Waals surface area contributed by atoms with Gasteiger partial charge in [-0.1, -0.05) is 13.8 Å². The molecule has 0 radical (unpaired) electrons. The Kier molecular flexibility index (Phi) is 13.2. The molecule has 2 N–H and O–H groups in total. The van der Waals surface area contributed by atoms with E-state index in [1.54, 1.807) is 4.90 Å². The molecule has 47 heavy (non-hydrogen) atoms. The molecule has 1 aromatic heterocycles. The number of hydrogen-bond donors (Lipinski definition) is 2. The van der Waals surface area contributed by atoms with Crippen molar-refractivity contribution in [3.8, 4) is 11.6 Å². The number of benzene rings is 1. The van der Waals surface area contributed by atoms with Crippen molar-refractivity contribution in [3.05, 3.63) is 48.1 Å². The van der Waals surface area contributed by atoms with Crippen LogP contribution >= 0.6 is 0 Å². The normalized spacial score (nSPS) is 16.4. The number of ether oxygens (including phenoxy) is 1. The molecule has 1 aromatic carbocycles. The Hall–Kier alpha value is -4.17. The molecule has 2 fully saturated rings. The molecule has 2 aliphatic rings. The maximum atomic E-state index is 14.2. The Bertz CT molecular complexity index is 1400. The maximum Gasteiger partial charge on any atom is 0.328 e. The minimum absolute atomic E-state index is 0.0339. The predicted octanol–water partition coefficient (Wildman–Crippen LogP) is 3.87. The van der Waals surface area contributed by atoms with Crippen molar-refractivity contribution >= 4 is 23.7 Å². The molecule has 0 saturated carbocycles. The smallest absolute Gasteiger partial charge is 0.328 e. The molecular weight excluding hydrogens is 609 g/mol. The van der Waals surface area contributed by atoms with E-state index < -0.39 is 17.8 Å². The fraction of sp³-hybridized carbons (Fsp3) is 0.576. The minimum Gasteiger partial charge on any atom is -0.478 e. The molecule has 1 atom stereocenters. The molecule has 258 valence electrons. The van der Waals surface area contributed by atoms with Crippen molar-refractivity contribution < 1.29 is 33.7 Å². The summed E-state index contributed by atoms with van der Waals surface area (Å²) in [5.41, 5.74) is 0.385. The van der Waals surface area contributed by atoms with Gasteiger partial charge in [-0.25, -0.2) is 19.0 Å². The second kappa shape index (κ2) is 16.6. The molecule has 2 aromatic rings. The highest BCUT2D eigenvalue weighted by Crippen LogP contribution is 2.44. The molecule has 0 bridgehead atoms. The second-order valence-electron chi connectivity index (χ2n) is 13.0. The largest absolute Gasteiger partial charge is 0.478 e. The number of aliphatic carboxylic acids is 2. The fourth-order valence-corrected chi connectivity index (χ4v) is 6.20. The number of carbonyl (C=O) groups is 3. The van der Waals surface area contributed by atoms with Gasteiger partial charge in [0.15, 0.2) is 5.82 Å². The van der Waals surface area contributed by atoms with E-state index in [0.29, 0.717) is 36.5 Å². The lowest BCUT2D eigenvalue weighted by Crippen LogP contribution is -2.62. The van der Waals surface area contributed by atoms with Crippen molar-refractivity contribution in [2.75, 3.05) is 58.3 Å². The van der Waals surface area contributed by atoms with Crippen LogP contribution in [-0.4, -0.2) is 123 Å². The lowest BCUT2D eigenvalue weighted by molar-refractivity contribution is -0.134. The zero-order valence-corrected chi connectivity index (χ0v) is 28.4. The average Bonchev–Trinajstić information content (AvgIpc) is 3.43. The van der Waals surface area contributed by atoms with Gasteiger partial charge in [0.25, 0.3) is 11.8 Å². The Balaban J connectivity index is 0.000000665. The summed E-state index contributed by atoms with van der Waals surface area (Å²) < 4.78 is 20.4. The van der Waals surface area contributed by atoms with Crippen molar-refractivity contribution in [3.63, 3.8) is 0 Å². The number of hydrogen-bond acceptors (Lipinski definition) is 10. The Morgan fingerprint density at radius 2 is 1.74 bits per heavy atom. The number of likely N-dealkylation sites (tertiary alicyclic amines) is 1. The van der Waals surface area contributed by atoms with Crippen LogP contribution in [0.5, 0.6) is 11.6 Å². The summed E-state index contributed by atoms with van der Waals surface area (Å²) in [6.45, 7) is 15.9. The number of carboxylic acid groups (broad SMARTS) is 2. The first-order valence-corrected chi connectivity index (χ1v) is 15.9. The van der Waals surface area contributed by atoms with E-state index in [4.69, 9.17) is 14.9 Å². The molecule has 13 nitrogen and oxygen atoms in total. The van der Waals surface area contributed by atoms with E-state index in [1.807, 2.05) is 20.8 Å². The monoisotopic (exact) mass is 657 g/mol. The first kappa shape index (κ1) is 37.3. The molecule has 3 heterocycles. The molecule has 14 heteroatoms. The van der Waals surface area contributed by atoms with Gasteiger partial charge >= 0.3 is 11.9 Å². The number of aromatic nitrogens is 3. The molecule has 1 spiro atoms. The minimum atomic E-state index is -1.26. The molecule has 1 amide bonds. The van der Waals surface area contributed by atoms with E-state index in [0.717, 1.165) is 39.1 Å². The van der Waals surface area contributed by atoms with Crippen LogP contribution < -0.4 is 9.64 Å². The third-order valence-corrected chi connectivity index (χ3v) is 8.47. The van der Waals surface area contributed by atoms with E-state index >= 15 is 0 Å². The Morgan fingerprint density at radius 1 is 1.09 bits per heavy atom. The highest BCUT2D eigenvalue weighted by Gasteiger charge is 2.50. The van der Waals surface area contributed by atoms with Crippen LogP contribution in [0.3, 0.4) is 0 Å². The van der Waals surface area contributed by atoms with Gasteiger partial charge in [0.05, 0.1) is 5.56 Å². The maximum absolute atomic E-state index is 14.2. The van der Waals surface area contributed by atoms with Gasteiger partial charge in [0, 0.05) is 62.4 Å². The van der Waals surface area contributed by atoms with Crippen LogP contribution in [0.2, 0.25) is 0 Å². The summed E-state index contributed by atoms with van der Waals surface area (Å²) in [7, 11) is 4.27. The second-order valence-corrected chi connectivity index (χ2v) is 13.0. The van der Waals surface area contributed by atoms with Crippen LogP contribution in [0.15, 0.2) is 36.7 Å². The summed E-state index contributed by atoms with van der Waals surface area (Å²) in [5, 5.41) is 23.8. The number of nitrogens with zero attached hydrogens (tertiary/aromatic N) is 7. The van der Waals surface area contributed by atoms with E-state index in [1.165, 1.54) is 30.9 Å². The van der Waals surface area contributed by atoms with Gasteiger partial charge < -0.3 is 29.6 Å². The van der Waals surface area contributed by atoms with Gasteiger partial charge in [-0.15, -0.1) is 10.2 Å². The van der Waals surface area contributed by atoms with E-state index in [9.17, 15) is 18.8 Å². The highest BCUT2D eigenvalue weighted by atomic mass is 19.1. The summed E-state index contributed by atoms with van der Waals surface area (Å²) in [4.78, 5) is 45.7. The highest BCUT2D eigenvalue weighted by molar-refractivity contribution is 5.97. The summed E-state index contributed by atoms with van der Waals surface area (Å²) in [6, 6.07) is 4.53. The standard InChI is InChI=1S/C29H44FN7O2.C4H4O4/c1-8-37(21(4)5)28(38)23-15-22(30)9-10-25(23)39-27-26(31-19-32-33-27)35-14-12-29(16-35)17-36(18-29)24(20(2)3)11-13-34(6)7;5-3(6)1-2-4(7)8/h9-10,15,19-21,24H,8,11-14,16-18H2,1-7H3;1-2H,(H,5,6)(H,7,8)/b;2-1+/t24-;/m0./s1. The van der Waals surface area contributed by atoms with Gasteiger partial charge in [-0.3, -0.25) is 9.69 Å². The summed E-state index contributed by atoms with van der Waals surface area (Å²) in [5.74, 6) is -1.61. The average molecular weight is 658 g/mol. The van der Waals surface area contributed by atoms with Crippen LogP contribution in [-0.2, 0) is 9.59 Å². The quantitative estimate of drug-likeness (QED) is 0.301. The summed E-state index contributed by atoms with van der Waals surface area (Å²) >= 11 is 0. The third kappa shape index (κ3) is 10.2. The van der Waals surface area contributed by atoms with Crippen molar-refractivity contribution in [2.24, 2.45) is 11.3 Å². The van der Waals surface area contributed by atoms with Crippen molar-refractivity contribution in [2.45, 2.75) is 59.5 Å². The third-order valence-electron chi connectivity index (χ3n) is 8.47. The lowest BCUT2D eigenvalue weighted by Gasteiger charge is -2.53. The molecule has 0 aliphatic carbocycles. The van der Waals surface area contributed by atoms with Crippen molar-refractivity contribution in [1.29, 1.82) is 0 Å². The lowest BCUT2D eigenvalue weighted by atomic mass is 9.76. The van der Waals surface area contributed by atoms with Gasteiger partial charge in [-0.2, -0.15) is 0 Å². The topological polar surface area (TPSA) is 153 Å². The number of rotatable bonds is 13. The van der Waals surface area contributed by atoms with Gasteiger partial charge in [0.1, 0.15) is 17.9 Å². The van der Waals surface area contributed by atoms with Crippen LogP contribution in [0, 0.1) is 17.2 Å². The fourth-order valence-electron chi connectivity index (χ4n) is 6.20. The number of carbonyl (C=O) groups excluding carboxylic acids is 1. The van der Waals surface area contributed by atoms with E-state index in [2.05, 4.69) is 57.8 Å². The van der Waals surface area contributed by atoms with Crippen LogP contribution in [0.1, 0.15) is 57.8 Å². The Labute approximate surface area is 276 Å². The van der Waals surface area contributed by atoms with E-state index in [-0.39, 0.29) is 34.6 Å². The SMILES string of the molecule is CCN(C(=O)c1cc(F)ccc1Oc1nncnc1N1CCC2(C1)CN([C@@H](CCN(C)C)C(C)C)C2)C(C)C.O=C(O)/C=C/C(=O)O. The first-order chi connectivity index (χ1) is 22.2. The Morgan fingerprint density at radius 3 is 2.30 bits per heavy atom. The number of carboxylic acids is 2. The zero-order valence-electron chi connectivity index (χ0n) is 28.4. The zero-order chi connectivity index (χ0) is 34.9. The number of amides is 1. The number of anilines is 1. The number of halogens is 1. The van der Waals surface area contributed by atoms with Crippen LogP contribution in [0.25, 0.3) is 0 Å². The predicted molar refractivity (Wildman–Crippen MR) is 175 cm³/mol. The van der Waals surface area contributed by atoms with Gasteiger partial charge in [0.2, 0.25) is 0 Å². The molecule has 0 unspecified atom stereocenters. The van der Waals surface area contributed by atoms with Crippen LogP contribution in [0.4, 0.5) is 10.2 Å². The summed E-state index contributed by atoms with van der Waals surface area (Å²) in [6.07, 6.45) is 4.78. The van der Waals surface area contributed by atoms with Gasteiger partial charge in [-0.05, 0) is 78.4 Å². The first-order valence-electron chi connectivity index (χ1n) is 15.9.